The van der Waals surface area contributed by atoms with Crippen molar-refractivity contribution < 1.29 is 28.5 Å². The van der Waals surface area contributed by atoms with Gasteiger partial charge >= 0.3 is 5.97 Å². The lowest BCUT2D eigenvalue weighted by molar-refractivity contribution is -0.118. The second-order valence-corrected chi connectivity index (χ2v) is 7.50. The molecule has 3 aromatic rings. The van der Waals surface area contributed by atoms with Crippen LogP contribution in [0.1, 0.15) is 27.0 Å². The van der Waals surface area contributed by atoms with Gasteiger partial charge in [0, 0.05) is 5.69 Å². The van der Waals surface area contributed by atoms with Gasteiger partial charge in [0.15, 0.2) is 18.1 Å². The highest BCUT2D eigenvalue weighted by atomic mass is 16.5. The molecule has 0 radical (unpaired) electrons. The van der Waals surface area contributed by atoms with Crippen molar-refractivity contribution in [3.05, 3.63) is 82.9 Å². The number of carbonyl (C=O) groups excluding carboxylic acids is 2. The summed E-state index contributed by atoms with van der Waals surface area (Å²) in [5.74, 6) is 0.554. The van der Waals surface area contributed by atoms with E-state index < -0.39 is 5.97 Å². The largest absolute Gasteiger partial charge is 0.497 e. The molecule has 0 bridgehead atoms. The molecule has 0 aliphatic rings. The van der Waals surface area contributed by atoms with E-state index in [-0.39, 0.29) is 19.1 Å². The molecule has 3 rings (SSSR count). The Morgan fingerprint density at radius 2 is 1.52 bits per heavy atom. The Hall–Kier alpha value is -4.00. The highest BCUT2D eigenvalue weighted by Crippen LogP contribution is 2.28. The summed E-state index contributed by atoms with van der Waals surface area (Å²) < 4.78 is 21.4. The molecule has 0 saturated carbocycles. The minimum Gasteiger partial charge on any atom is -0.497 e. The lowest BCUT2D eigenvalue weighted by Crippen LogP contribution is -2.20. The van der Waals surface area contributed by atoms with Crippen LogP contribution in [0.2, 0.25) is 0 Å². The lowest BCUT2D eigenvalue weighted by Gasteiger charge is -2.13. The molecule has 0 saturated heterocycles. The third-order valence-corrected chi connectivity index (χ3v) is 4.78. The molecule has 0 heterocycles. The molecule has 0 fully saturated rings. The van der Waals surface area contributed by atoms with Crippen molar-refractivity contribution in [2.45, 2.75) is 20.5 Å². The van der Waals surface area contributed by atoms with Crippen LogP contribution in [0, 0.1) is 13.8 Å². The first-order valence-electron chi connectivity index (χ1n) is 10.4. The predicted molar refractivity (Wildman–Crippen MR) is 125 cm³/mol. The van der Waals surface area contributed by atoms with Gasteiger partial charge in [-0.15, -0.1) is 0 Å². The molecule has 0 atom stereocenters. The summed E-state index contributed by atoms with van der Waals surface area (Å²) in [5.41, 5.74) is 4.10. The zero-order valence-corrected chi connectivity index (χ0v) is 19.1. The maximum atomic E-state index is 12.5. The normalized spacial score (nSPS) is 10.3. The number of methoxy groups -OCH3 is 2. The van der Waals surface area contributed by atoms with E-state index in [1.54, 1.807) is 43.5 Å². The summed E-state index contributed by atoms with van der Waals surface area (Å²) in [6, 6.07) is 17.7. The second-order valence-electron chi connectivity index (χ2n) is 7.50. The van der Waals surface area contributed by atoms with E-state index in [4.69, 9.17) is 18.9 Å². The zero-order chi connectivity index (χ0) is 23.8. The predicted octanol–water partition coefficient (Wildman–Crippen LogP) is 4.70. The molecule has 7 heteroatoms. The first-order valence-corrected chi connectivity index (χ1v) is 10.4. The number of hydrogen-bond donors (Lipinski definition) is 1. The number of benzene rings is 3. The van der Waals surface area contributed by atoms with Gasteiger partial charge in [0.05, 0.1) is 19.8 Å². The topological polar surface area (TPSA) is 83.1 Å². The fraction of sp³-hybridized carbons (Fsp3) is 0.231. The number of esters is 1. The summed E-state index contributed by atoms with van der Waals surface area (Å²) in [4.78, 5) is 24.7. The number of rotatable bonds is 9. The Balaban J connectivity index is 1.57. The van der Waals surface area contributed by atoms with Gasteiger partial charge in [0.25, 0.3) is 5.91 Å². The molecule has 3 aromatic carbocycles. The smallest absolute Gasteiger partial charge is 0.338 e. The van der Waals surface area contributed by atoms with Crippen molar-refractivity contribution in [1.29, 1.82) is 0 Å². The van der Waals surface area contributed by atoms with Gasteiger partial charge in [0.2, 0.25) is 0 Å². The van der Waals surface area contributed by atoms with Crippen molar-refractivity contribution in [2.24, 2.45) is 0 Å². The fourth-order valence-electron chi connectivity index (χ4n) is 3.31. The SMILES string of the molecule is COc1ccc(NC(=O)COc2ccc(C(=O)OCc3cc(C)cc(C)c3)cc2OC)cc1. The van der Waals surface area contributed by atoms with Crippen molar-refractivity contribution >= 4 is 17.6 Å². The Kier molecular flexibility index (Phi) is 7.91. The van der Waals surface area contributed by atoms with E-state index in [1.165, 1.54) is 13.2 Å². The highest BCUT2D eigenvalue weighted by molar-refractivity contribution is 5.92. The lowest BCUT2D eigenvalue weighted by atomic mass is 10.1. The first kappa shape index (κ1) is 23.7. The number of anilines is 1. The Bertz CT molecular complexity index is 1100. The van der Waals surface area contributed by atoms with Gasteiger partial charge in [-0.25, -0.2) is 4.79 Å². The zero-order valence-electron chi connectivity index (χ0n) is 19.1. The molecule has 33 heavy (non-hydrogen) atoms. The van der Waals surface area contributed by atoms with Gasteiger partial charge in [-0.3, -0.25) is 4.79 Å². The number of ether oxygens (including phenoxy) is 4. The van der Waals surface area contributed by atoms with Gasteiger partial charge < -0.3 is 24.3 Å². The first-order chi connectivity index (χ1) is 15.9. The molecule has 0 aliphatic carbocycles. The van der Waals surface area contributed by atoms with E-state index in [0.29, 0.717) is 28.5 Å². The van der Waals surface area contributed by atoms with Crippen LogP contribution >= 0.6 is 0 Å². The van der Waals surface area contributed by atoms with Crippen LogP contribution in [0.5, 0.6) is 17.2 Å². The third kappa shape index (κ3) is 6.74. The summed E-state index contributed by atoms with van der Waals surface area (Å²) in [7, 11) is 3.04. The Morgan fingerprint density at radius 1 is 0.818 bits per heavy atom. The monoisotopic (exact) mass is 449 g/mol. The van der Waals surface area contributed by atoms with Crippen LogP contribution in [0.3, 0.4) is 0 Å². The maximum Gasteiger partial charge on any atom is 0.338 e. The van der Waals surface area contributed by atoms with Crippen molar-refractivity contribution in [1.82, 2.24) is 0 Å². The molecule has 172 valence electrons. The minimum atomic E-state index is -0.476. The average molecular weight is 450 g/mol. The Labute approximate surface area is 193 Å². The fourth-order valence-corrected chi connectivity index (χ4v) is 3.31. The van der Waals surface area contributed by atoms with Crippen LogP contribution in [-0.2, 0) is 16.1 Å². The standard InChI is InChI=1S/C26H27NO6/c1-17-11-18(2)13-19(12-17)15-33-26(29)20-5-10-23(24(14-20)31-4)32-16-25(28)27-21-6-8-22(30-3)9-7-21/h5-14H,15-16H2,1-4H3,(H,27,28). The second kappa shape index (κ2) is 11.0. The van der Waals surface area contributed by atoms with Crippen LogP contribution in [0.15, 0.2) is 60.7 Å². The quantitative estimate of drug-likeness (QED) is 0.477. The molecule has 7 nitrogen and oxygen atoms in total. The summed E-state index contributed by atoms with van der Waals surface area (Å²) >= 11 is 0. The van der Waals surface area contributed by atoms with Crippen LogP contribution in [0.4, 0.5) is 5.69 Å². The van der Waals surface area contributed by atoms with E-state index >= 15 is 0 Å². The van der Waals surface area contributed by atoms with E-state index in [1.807, 2.05) is 26.0 Å². The number of aryl methyl sites for hydroxylation is 2. The van der Waals surface area contributed by atoms with Gasteiger partial charge in [-0.05, 0) is 61.9 Å². The van der Waals surface area contributed by atoms with Crippen LogP contribution in [-0.4, -0.2) is 32.7 Å². The molecular weight excluding hydrogens is 422 g/mol. The molecule has 0 spiro atoms. The molecule has 0 aliphatic heterocycles. The molecule has 0 unspecified atom stereocenters. The van der Waals surface area contributed by atoms with Crippen LogP contribution in [0.25, 0.3) is 0 Å². The molecule has 0 aromatic heterocycles. The average Bonchev–Trinajstić information content (AvgIpc) is 2.81. The summed E-state index contributed by atoms with van der Waals surface area (Å²) in [6.45, 7) is 3.95. The number of carbonyl (C=O) groups is 2. The van der Waals surface area contributed by atoms with Crippen molar-refractivity contribution in [2.75, 3.05) is 26.1 Å². The number of hydrogen-bond acceptors (Lipinski definition) is 6. The molecular formula is C26H27NO6. The number of amides is 1. The van der Waals surface area contributed by atoms with Gasteiger partial charge in [-0.2, -0.15) is 0 Å². The summed E-state index contributed by atoms with van der Waals surface area (Å²) in [6.07, 6.45) is 0. The Morgan fingerprint density at radius 3 is 2.15 bits per heavy atom. The minimum absolute atomic E-state index is 0.174. The third-order valence-electron chi connectivity index (χ3n) is 4.78. The highest BCUT2D eigenvalue weighted by Gasteiger charge is 2.14. The van der Waals surface area contributed by atoms with Crippen LogP contribution < -0.4 is 19.5 Å². The van der Waals surface area contributed by atoms with Gasteiger partial charge in [-0.1, -0.05) is 29.3 Å². The summed E-state index contributed by atoms with van der Waals surface area (Å²) in [5, 5.41) is 2.74. The van der Waals surface area contributed by atoms with Crippen molar-refractivity contribution in [3.63, 3.8) is 0 Å². The molecule has 1 N–H and O–H groups in total. The van der Waals surface area contributed by atoms with E-state index in [9.17, 15) is 9.59 Å². The number of nitrogens with one attached hydrogen (secondary N) is 1. The van der Waals surface area contributed by atoms with E-state index in [2.05, 4.69) is 11.4 Å². The van der Waals surface area contributed by atoms with E-state index in [0.717, 1.165) is 16.7 Å². The maximum absolute atomic E-state index is 12.5. The van der Waals surface area contributed by atoms with Crippen molar-refractivity contribution in [3.8, 4) is 17.2 Å². The molecule has 1 amide bonds. The van der Waals surface area contributed by atoms with Gasteiger partial charge in [0.1, 0.15) is 12.4 Å².